The molecule has 3 aliphatic carbocycles. The molecule has 0 spiro atoms. The summed E-state index contributed by atoms with van der Waals surface area (Å²) in [7, 11) is 0. The van der Waals surface area contributed by atoms with Crippen molar-refractivity contribution in [2.24, 2.45) is 23.7 Å². The van der Waals surface area contributed by atoms with E-state index in [0.29, 0.717) is 6.42 Å². The highest BCUT2D eigenvalue weighted by Gasteiger charge is 2.60. The van der Waals surface area contributed by atoms with E-state index in [0.717, 1.165) is 25.7 Å². The van der Waals surface area contributed by atoms with Crippen LogP contribution in [0.5, 0.6) is 0 Å². The van der Waals surface area contributed by atoms with Crippen LogP contribution in [0, 0.1) is 23.7 Å². The van der Waals surface area contributed by atoms with Crippen LogP contribution in [0.25, 0.3) is 0 Å². The molecule has 1 N–H and O–H groups in total. The van der Waals surface area contributed by atoms with Crippen LogP contribution in [0.4, 0.5) is 0 Å². The molecule has 19 heavy (non-hydrogen) atoms. The number of hydrogen-bond donors (Lipinski definition) is 1. The lowest BCUT2D eigenvalue weighted by atomic mass is 9.85. The first-order valence-corrected chi connectivity index (χ1v) is 7.42. The van der Waals surface area contributed by atoms with Gasteiger partial charge in [-0.25, -0.2) is 0 Å². The zero-order valence-corrected chi connectivity index (χ0v) is 10.9. The third-order valence-corrected chi connectivity index (χ3v) is 5.53. The maximum atomic E-state index is 12.6. The van der Waals surface area contributed by atoms with Crippen LogP contribution in [0.1, 0.15) is 32.1 Å². The molecule has 1 saturated heterocycles. The molecule has 1 aliphatic heterocycles. The van der Waals surface area contributed by atoms with E-state index >= 15 is 0 Å². The van der Waals surface area contributed by atoms with Crippen molar-refractivity contribution in [1.29, 1.82) is 0 Å². The Labute approximate surface area is 112 Å². The lowest BCUT2D eigenvalue weighted by molar-refractivity contribution is -0.147. The SMILES string of the molecule is O=C1C2C3C=CC(C3)C2C(=O)N1C1CCCCC1O. The summed E-state index contributed by atoms with van der Waals surface area (Å²) in [5.74, 6) is 0.234. The fourth-order valence-corrected chi connectivity index (χ4v) is 4.65. The minimum Gasteiger partial charge on any atom is -0.391 e. The van der Waals surface area contributed by atoms with Gasteiger partial charge in [0.05, 0.1) is 24.0 Å². The van der Waals surface area contributed by atoms with E-state index < -0.39 is 6.10 Å². The predicted molar refractivity (Wildman–Crippen MR) is 67.8 cm³/mol. The van der Waals surface area contributed by atoms with Crippen LogP contribution in [0.2, 0.25) is 0 Å². The van der Waals surface area contributed by atoms with E-state index in [2.05, 4.69) is 12.2 Å². The Morgan fingerprint density at radius 3 is 2.16 bits per heavy atom. The van der Waals surface area contributed by atoms with Gasteiger partial charge in [0, 0.05) is 0 Å². The number of likely N-dealkylation sites (tertiary alicyclic amines) is 1. The van der Waals surface area contributed by atoms with Crippen LogP contribution in [0.3, 0.4) is 0 Å². The molecule has 6 unspecified atom stereocenters. The first-order chi connectivity index (χ1) is 9.18. The number of nitrogens with zero attached hydrogens (tertiary/aromatic N) is 1. The summed E-state index contributed by atoms with van der Waals surface area (Å²) in [6.07, 6.45) is 8.13. The Morgan fingerprint density at radius 1 is 1.00 bits per heavy atom. The topological polar surface area (TPSA) is 57.6 Å². The van der Waals surface area contributed by atoms with Gasteiger partial charge in [-0.05, 0) is 31.1 Å². The first-order valence-electron chi connectivity index (χ1n) is 7.42. The van der Waals surface area contributed by atoms with Crippen LogP contribution in [-0.2, 0) is 9.59 Å². The van der Waals surface area contributed by atoms with Crippen molar-refractivity contribution in [1.82, 2.24) is 4.90 Å². The minimum atomic E-state index is -0.522. The molecule has 4 rings (SSSR count). The van der Waals surface area contributed by atoms with Gasteiger partial charge in [-0.1, -0.05) is 25.0 Å². The van der Waals surface area contributed by atoms with E-state index in [1.54, 1.807) is 0 Å². The molecule has 4 aliphatic rings. The molecule has 1 heterocycles. The molecule has 4 nitrogen and oxygen atoms in total. The second kappa shape index (κ2) is 3.92. The average molecular weight is 261 g/mol. The Balaban J connectivity index is 1.65. The standard InChI is InChI=1S/C15H19NO3/c17-11-4-2-1-3-10(11)16-14(18)12-8-5-6-9(7-8)13(12)15(16)19/h5-6,8-13,17H,1-4,7H2. The van der Waals surface area contributed by atoms with Crippen LogP contribution >= 0.6 is 0 Å². The van der Waals surface area contributed by atoms with Gasteiger partial charge >= 0.3 is 0 Å². The van der Waals surface area contributed by atoms with Crippen molar-refractivity contribution in [2.45, 2.75) is 44.2 Å². The molecule has 2 bridgehead atoms. The molecule has 0 aromatic rings. The number of imide groups is 1. The highest BCUT2D eigenvalue weighted by Crippen LogP contribution is 2.53. The Morgan fingerprint density at radius 2 is 1.58 bits per heavy atom. The van der Waals surface area contributed by atoms with Gasteiger partial charge in [-0.2, -0.15) is 0 Å². The number of carbonyl (C=O) groups is 2. The lowest BCUT2D eigenvalue weighted by Crippen LogP contribution is -2.49. The minimum absolute atomic E-state index is 0.0159. The van der Waals surface area contributed by atoms with E-state index in [1.165, 1.54) is 4.90 Å². The first kappa shape index (κ1) is 11.6. The summed E-state index contributed by atoms with van der Waals surface area (Å²) in [4.78, 5) is 26.6. The smallest absolute Gasteiger partial charge is 0.234 e. The molecular weight excluding hydrogens is 242 g/mol. The summed E-state index contributed by atoms with van der Waals surface area (Å²) in [5, 5.41) is 10.1. The number of allylic oxidation sites excluding steroid dienone is 2. The predicted octanol–water partition coefficient (Wildman–Crippen LogP) is 1.10. The third-order valence-electron chi connectivity index (χ3n) is 5.53. The molecule has 0 aromatic heterocycles. The number of rotatable bonds is 1. The summed E-state index contributed by atoms with van der Waals surface area (Å²) >= 11 is 0. The molecular formula is C15H19NO3. The van der Waals surface area contributed by atoms with Gasteiger partial charge in [0.2, 0.25) is 11.8 Å². The molecule has 2 amide bonds. The number of aliphatic hydroxyl groups is 1. The van der Waals surface area contributed by atoms with Crippen LogP contribution in [0.15, 0.2) is 12.2 Å². The molecule has 0 radical (unpaired) electrons. The quantitative estimate of drug-likeness (QED) is 0.568. The Bertz CT molecular complexity index is 442. The second-order valence-electron chi connectivity index (χ2n) is 6.47. The van der Waals surface area contributed by atoms with Gasteiger partial charge < -0.3 is 5.11 Å². The summed E-state index contributed by atoms with van der Waals surface area (Å²) in [6.45, 7) is 0. The monoisotopic (exact) mass is 261 g/mol. The Kier molecular flexibility index (Phi) is 2.40. The van der Waals surface area contributed by atoms with Gasteiger partial charge in [-0.3, -0.25) is 14.5 Å². The maximum Gasteiger partial charge on any atom is 0.234 e. The van der Waals surface area contributed by atoms with Crippen molar-refractivity contribution in [2.75, 3.05) is 0 Å². The second-order valence-corrected chi connectivity index (χ2v) is 6.47. The van der Waals surface area contributed by atoms with E-state index in [-0.39, 0.29) is 41.5 Å². The van der Waals surface area contributed by atoms with E-state index in [4.69, 9.17) is 0 Å². The van der Waals surface area contributed by atoms with Gasteiger partial charge in [-0.15, -0.1) is 0 Å². The molecule has 6 atom stereocenters. The average Bonchev–Trinajstić information content (AvgIpc) is 3.06. The number of hydrogen-bond acceptors (Lipinski definition) is 3. The van der Waals surface area contributed by atoms with E-state index in [9.17, 15) is 14.7 Å². The van der Waals surface area contributed by atoms with E-state index in [1.807, 2.05) is 0 Å². The van der Waals surface area contributed by atoms with Gasteiger partial charge in [0.25, 0.3) is 0 Å². The molecule has 3 fully saturated rings. The largest absolute Gasteiger partial charge is 0.391 e. The fraction of sp³-hybridized carbons (Fsp3) is 0.733. The van der Waals surface area contributed by atoms with Crippen LogP contribution in [-0.4, -0.2) is 34.0 Å². The third kappa shape index (κ3) is 1.43. The van der Waals surface area contributed by atoms with Gasteiger partial charge in [0.15, 0.2) is 0 Å². The zero-order valence-electron chi connectivity index (χ0n) is 10.9. The number of fused-ring (bicyclic) bond motifs is 5. The highest BCUT2D eigenvalue weighted by molar-refractivity contribution is 6.06. The zero-order chi connectivity index (χ0) is 13.1. The summed E-state index contributed by atoms with van der Waals surface area (Å²) in [6, 6.07) is -0.265. The summed E-state index contributed by atoms with van der Waals surface area (Å²) in [5.41, 5.74) is 0. The number of carbonyl (C=O) groups excluding carboxylic acids is 2. The van der Waals surface area contributed by atoms with Crippen molar-refractivity contribution >= 4 is 11.8 Å². The maximum absolute atomic E-state index is 12.6. The highest BCUT2D eigenvalue weighted by atomic mass is 16.3. The molecule has 2 saturated carbocycles. The molecule has 102 valence electrons. The molecule has 4 heteroatoms. The number of amides is 2. The Hall–Kier alpha value is -1.16. The molecule has 0 aromatic carbocycles. The fourth-order valence-electron chi connectivity index (χ4n) is 4.65. The van der Waals surface area contributed by atoms with Crippen molar-refractivity contribution in [3.8, 4) is 0 Å². The van der Waals surface area contributed by atoms with Gasteiger partial charge in [0.1, 0.15) is 0 Å². The van der Waals surface area contributed by atoms with Crippen LogP contribution < -0.4 is 0 Å². The lowest BCUT2D eigenvalue weighted by Gasteiger charge is -2.34. The number of aliphatic hydroxyl groups excluding tert-OH is 1. The normalized spacial score (nSPS) is 48.2. The van der Waals surface area contributed by atoms with Crippen molar-refractivity contribution < 1.29 is 14.7 Å². The van der Waals surface area contributed by atoms with Crippen molar-refractivity contribution in [3.63, 3.8) is 0 Å². The summed E-state index contributed by atoms with van der Waals surface area (Å²) < 4.78 is 0. The van der Waals surface area contributed by atoms with Crippen molar-refractivity contribution in [3.05, 3.63) is 12.2 Å².